The van der Waals surface area contributed by atoms with Crippen molar-refractivity contribution < 1.29 is 13.2 Å². The molecule has 0 atom stereocenters. The van der Waals surface area contributed by atoms with Crippen LogP contribution in [0.1, 0.15) is 39.2 Å². The van der Waals surface area contributed by atoms with E-state index in [9.17, 15) is 13.2 Å². The molecule has 1 aromatic heterocycles. The molecule has 0 spiro atoms. The summed E-state index contributed by atoms with van der Waals surface area (Å²) in [5, 5.41) is 4.10. The predicted octanol–water partition coefficient (Wildman–Crippen LogP) is 4.24. The first-order valence-electron chi connectivity index (χ1n) is 11.0. The van der Waals surface area contributed by atoms with Crippen molar-refractivity contribution in [1.29, 1.82) is 0 Å². The van der Waals surface area contributed by atoms with Gasteiger partial charge in [0, 0.05) is 22.6 Å². The van der Waals surface area contributed by atoms with E-state index >= 15 is 0 Å². The van der Waals surface area contributed by atoms with Crippen LogP contribution >= 0.6 is 0 Å². The lowest BCUT2D eigenvalue weighted by molar-refractivity contribution is -0.119. The third-order valence-corrected chi connectivity index (χ3v) is 7.10. The molecule has 7 nitrogen and oxygen atoms in total. The summed E-state index contributed by atoms with van der Waals surface area (Å²) in [4.78, 5) is 12.6. The zero-order valence-electron chi connectivity index (χ0n) is 20.8. The number of anilines is 1. The van der Waals surface area contributed by atoms with E-state index in [2.05, 4.69) is 47.1 Å². The van der Waals surface area contributed by atoms with E-state index in [4.69, 9.17) is 0 Å². The van der Waals surface area contributed by atoms with Crippen LogP contribution < -0.4 is 9.73 Å². The van der Waals surface area contributed by atoms with Crippen LogP contribution in [0.4, 0.5) is 5.69 Å². The summed E-state index contributed by atoms with van der Waals surface area (Å²) in [7, 11) is -3.66. The first-order chi connectivity index (χ1) is 15.9. The number of aryl methyl sites for hydroxylation is 5. The van der Waals surface area contributed by atoms with Crippen molar-refractivity contribution in [2.24, 2.45) is 5.10 Å². The summed E-state index contributed by atoms with van der Waals surface area (Å²) >= 11 is 0. The molecule has 1 heterocycles. The minimum absolute atomic E-state index is 0.358. The number of hydrogen-bond acceptors (Lipinski definition) is 4. The van der Waals surface area contributed by atoms with Crippen LogP contribution in [0.15, 0.2) is 47.6 Å². The van der Waals surface area contributed by atoms with Gasteiger partial charge in [0.25, 0.3) is 5.91 Å². The first kappa shape index (κ1) is 25.2. The molecule has 0 unspecified atom stereocenters. The summed E-state index contributed by atoms with van der Waals surface area (Å²) in [6.45, 7) is 11.5. The van der Waals surface area contributed by atoms with Gasteiger partial charge in [-0.15, -0.1) is 0 Å². The quantitative estimate of drug-likeness (QED) is 0.405. The topological polar surface area (TPSA) is 83.8 Å². The largest absolute Gasteiger partial charge is 0.318 e. The zero-order chi connectivity index (χ0) is 25.2. The maximum Gasteiger partial charge on any atom is 0.260 e. The lowest BCUT2D eigenvalue weighted by Gasteiger charge is -2.25. The van der Waals surface area contributed by atoms with Crippen molar-refractivity contribution in [3.63, 3.8) is 0 Å². The Morgan fingerprint density at radius 2 is 1.62 bits per heavy atom. The molecule has 0 aliphatic rings. The van der Waals surface area contributed by atoms with Crippen molar-refractivity contribution in [2.75, 3.05) is 17.1 Å². The molecule has 1 N–H and O–H groups in total. The van der Waals surface area contributed by atoms with Crippen LogP contribution in [0.5, 0.6) is 0 Å². The third-order valence-electron chi connectivity index (χ3n) is 5.99. The molecular formula is C26H32N4O3S. The van der Waals surface area contributed by atoms with Crippen molar-refractivity contribution in [3.8, 4) is 5.69 Å². The molecule has 0 saturated carbocycles. The van der Waals surface area contributed by atoms with Crippen LogP contribution in [0.3, 0.4) is 0 Å². The minimum Gasteiger partial charge on any atom is -0.318 e. The van der Waals surface area contributed by atoms with Crippen molar-refractivity contribution >= 4 is 27.8 Å². The van der Waals surface area contributed by atoms with Crippen molar-refractivity contribution in [2.45, 2.75) is 41.5 Å². The molecule has 3 aromatic rings. The highest BCUT2D eigenvalue weighted by atomic mass is 32.2. The molecule has 180 valence electrons. The second-order valence-corrected chi connectivity index (χ2v) is 10.6. The van der Waals surface area contributed by atoms with Gasteiger partial charge in [-0.3, -0.25) is 9.10 Å². The Balaban J connectivity index is 1.79. The van der Waals surface area contributed by atoms with Gasteiger partial charge in [-0.2, -0.15) is 5.10 Å². The number of amides is 1. The van der Waals surface area contributed by atoms with Crippen LogP contribution in [-0.4, -0.2) is 37.9 Å². The standard InChI is InChI=1S/C26H32N4O3S/c1-17-11-12-24(13-20(17)4)30-21(5)14-23(22(30)6)15-27-28-25(31)16-29(34(7,32)33)26-18(2)9-8-10-19(26)3/h8-15H,16H2,1-7H3,(H,28,31)/b27-15-. The Labute approximate surface area is 202 Å². The average molecular weight is 481 g/mol. The molecule has 0 radical (unpaired) electrons. The monoisotopic (exact) mass is 480 g/mol. The fourth-order valence-electron chi connectivity index (χ4n) is 4.08. The number of rotatable bonds is 7. The molecule has 34 heavy (non-hydrogen) atoms. The number of carbonyl (C=O) groups excluding carboxylic acids is 1. The lowest BCUT2D eigenvalue weighted by atomic mass is 10.1. The van der Waals surface area contributed by atoms with Gasteiger partial charge in [0.1, 0.15) is 6.54 Å². The molecule has 3 rings (SSSR count). The molecule has 0 aliphatic carbocycles. The van der Waals surface area contributed by atoms with E-state index in [1.165, 1.54) is 11.1 Å². The second kappa shape index (κ2) is 9.85. The van der Waals surface area contributed by atoms with E-state index in [1.54, 1.807) is 6.21 Å². The van der Waals surface area contributed by atoms with Crippen LogP contribution in [0, 0.1) is 41.5 Å². The van der Waals surface area contributed by atoms with Gasteiger partial charge in [0.05, 0.1) is 18.2 Å². The van der Waals surface area contributed by atoms with Gasteiger partial charge >= 0.3 is 0 Å². The smallest absolute Gasteiger partial charge is 0.260 e. The number of hydrazone groups is 1. The Kier molecular flexibility index (Phi) is 7.31. The summed E-state index contributed by atoms with van der Waals surface area (Å²) < 4.78 is 28.1. The van der Waals surface area contributed by atoms with Crippen molar-refractivity contribution in [3.05, 3.63) is 81.7 Å². The Bertz CT molecular complexity index is 1350. The summed E-state index contributed by atoms with van der Waals surface area (Å²) in [6.07, 6.45) is 2.68. The first-order valence-corrected chi connectivity index (χ1v) is 12.9. The van der Waals surface area contributed by atoms with Gasteiger partial charge in [0.15, 0.2) is 0 Å². The molecule has 8 heteroatoms. The Hall–Kier alpha value is -3.39. The molecule has 1 amide bonds. The van der Waals surface area contributed by atoms with Gasteiger partial charge in [0.2, 0.25) is 10.0 Å². The van der Waals surface area contributed by atoms with E-state index in [0.717, 1.165) is 44.3 Å². The molecule has 0 bridgehead atoms. The van der Waals surface area contributed by atoms with Crippen LogP contribution in [-0.2, 0) is 14.8 Å². The second-order valence-electron chi connectivity index (χ2n) is 8.73. The molecular weight excluding hydrogens is 448 g/mol. The van der Waals surface area contributed by atoms with Crippen molar-refractivity contribution in [1.82, 2.24) is 9.99 Å². The SMILES string of the molecule is Cc1ccc(-n2c(C)cc(/C=N\NC(=O)CN(c3c(C)cccc3C)S(C)(=O)=O)c2C)cc1C. The molecule has 2 aromatic carbocycles. The molecule has 0 saturated heterocycles. The highest BCUT2D eigenvalue weighted by Gasteiger charge is 2.23. The Morgan fingerprint density at radius 1 is 0.971 bits per heavy atom. The van der Waals surface area contributed by atoms with Gasteiger partial charge < -0.3 is 4.57 Å². The van der Waals surface area contributed by atoms with Crippen LogP contribution in [0.2, 0.25) is 0 Å². The number of para-hydroxylation sites is 1. The molecule has 0 aliphatic heterocycles. The number of hydrogen-bond donors (Lipinski definition) is 1. The normalized spacial score (nSPS) is 11.7. The van der Waals surface area contributed by atoms with E-state index in [0.29, 0.717) is 5.69 Å². The number of carbonyl (C=O) groups is 1. The third kappa shape index (κ3) is 5.39. The zero-order valence-corrected chi connectivity index (χ0v) is 21.6. The maximum absolute atomic E-state index is 12.6. The molecule has 0 fully saturated rings. The maximum atomic E-state index is 12.6. The van der Waals surface area contributed by atoms with Gasteiger partial charge in [-0.1, -0.05) is 24.3 Å². The summed E-state index contributed by atoms with van der Waals surface area (Å²) in [5.74, 6) is -0.521. The Morgan fingerprint density at radius 3 is 2.21 bits per heavy atom. The predicted molar refractivity (Wildman–Crippen MR) is 139 cm³/mol. The highest BCUT2D eigenvalue weighted by molar-refractivity contribution is 7.92. The average Bonchev–Trinajstić information content (AvgIpc) is 3.01. The lowest BCUT2D eigenvalue weighted by Crippen LogP contribution is -2.39. The van der Waals surface area contributed by atoms with E-state index < -0.39 is 15.9 Å². The highest BCUT2D eigenvalue weighted by Crippen LogP contribution is 2.26. The number of benzene rings is 2. The van der Waals surface area contributed by atoms with Crippen LogP contribution in [0.25, 0.3) is 5.69 Å². The van der Waals surface area contributed by atoms with E-state index in [-0.39, 0.29) is 6.54 Å². The van der Waals surface area contributed by atoms with E-state index in [1.807, 2.05) is 52.0 Å². The number of sulfonamides is 1. The minimum atomic E-state index is -3.66. The fraction of sp³-hybridized carbons (Fsp3) is 0.308. The van der Waals surface area contributed by atoms with Gasteiger partial charge in [-0.05, 0) is 82.0 Å². The summed E-state index contributed by atoms with van der Waals surface area (Å²) in [5.41, 5.74) is 11.0. The number of nitrogens with one attached hydrogen (secondary N) is 1. The summed E-state index contributed by atoms with van der Waals surface area (Å²) in [6, 6.07) is 13.8. The number of nitrogens with zero attached hydrogens (tertiary/aromatic N) is 3. The fourth-order valence-corrected chi connectivity index (χ4v) is 5.05. The number of aromatic nitrogens is 1. The van der Waals surface area contributed by atoms with Gasteiger partial charge in [-0.25, -0.2) is 13.8 Å².